The Morgan fingerprint density at radius 3 is 2.53 bits per heavy atom. The number of nitrogens with one attached hydrogen (secondary N) is 1. The zero-order valence-corrected chi connectivity index (χ0v) is 9.90. The number of esters is 1. The standard InChI is InChI=1S/C13H15NO3/c1-3-17-12(15)9-10(2)14-13(16)11-7-5-4-6-8-11/h4-9H,3H2,1-2H3,(H,14,16)/b10-9-. The van der Waals surface area contributed by atoms with E-state index >= 15 is 0 Å². The summed E-state index contributed by atoms with van der Waals surface area (Å²) in [7, 11) is 0. The smallest absolute Gasteiger partial charge is 0.332 e. The van der Waals surface area contributed by atoms with Crippen LogP contribution in [0.1, 0.15) is 24.2 Å². The van der Waals surface area contributed by atoms with Crippen molar-refractivity contribution in [3.05, 3.63) is 47.7 Å². The van der Waals surface area contributed by atoms with Gasteiger partial charge in [-0.15, -0.1) is 0 Å². The molecule has 0 aliphatic heterocycles. The summed E-state index contributed by atoms with van der Waals surface area (Å²) in [5.74, 6) is -0.706. The molecule has 0 fully saturated rings. The first kappa shape index (κ1) is 13.0. The lowest BCUT2D eigenvalue weighted by atomic mass is 10.2. The quantitative estimate of drug-likeness (QED) is 0.638. The number of allylic oxidation sites excluding steroid dienone is 1. The molecule has 4 heteroatoms. The highest BCUT2D eigenvalue weighted by Crippen LogP contribution is 2.00. The first-order valence-corrected chi connectivity index (χ1v) is 5.35. The molecule has 17 heavy (non-hydrogen) atoms. The molecule has 0 radical (unpaired) electrons. The lowest BCUT2D eigenvalue weighted by molar-refractivity contribution is -0.137. The van der Waals surface area contributed by atoms with Crippen LogP contribution >= 0.6 is 0 Å². The molecule has 0 aliphatic carbocycles. The molecule has 1 aromatic rings. The molecular formula is C13H15NO3. The van der Waals surface area contributed by atoms with Gasteiger partial charge in [0.25, 0.3) is 5.91 Å². The van der Waals surface area contributed by atoms with Crippen molar-refractivity contribution in [1.29, 1.82) is 0 Å². The molecule has 1 N–H and O–H groups in total. The number of hydrogen-bond donors (Lipinski definition) is 1. The molecule has 0 spiro atoms. The molecule has 1 amide bonds. The SMILES string of the molecule is CCOC(=O)/C=C(/C)NC(=O)c1ccccc1. The monoisotopic (exact) mass is 233 g/mol. The van der Waals surface area contributed by atoms with E-state index in [9.17, 15) is 9.59 Å². The van der Waals surface area contributed by atoms with Crippen molar-refractivity contribution in [2.24, 2.45) is 0 Å². The molecule has 0 heterocycles. The fourth-order valence-corrected chi connectivity index (χ4v) is 1.24. The fraction of sp³-hybridized carbons (Fsp3) is 0.231. The van der Waals surface area contributed by atoms with Crippen LogP contribution in [-0.2, 0) is 9.53 Å². The van der Waals surface area contributed by atoms with E-state index in [-0.39, 0.29) is 5.91 Å². The number of rotatable bonds is 4. The molecule has 0 saturated heterocycles. The van der Waals surface area contributed by atoms with E-state index in [1.807, 2.05) is 6.07 Å². The Bertz CT molecular complexity index is 424. The summed E-state index contributed by atoms with van der Waals surface area (Å²) in [6.07, 6.45) is 1.25. The molecule has 0 aliphatic rings. The summed E-state index contributed by atoms with van der Waals surface area (Å²) >= 11 is 0. The predicted molar refractivity (Wildman–Crippen MR) is 64.3 cm³/mol. The van der Waals surface area contributed by atoms with E-state index in [1.54, 1.807) is 38.1 Å². The number of hydrogen-bond acceptors (Lipinski definition) is 3. The topological polar surface area (TPSA) is 55.4 Å². The molecule has 0 saturated carbocycles. The number of ether oxygens (including phenoxy) is 1. The Hall–Kier alpha value is -2.10. The van der Waals surface area contributed by atoms with Crippen LogP contribution in [0.5, 0.6) is 0 Å². The molecule has 0 atom stereocenters. The van der Waals surface area contributed by atoms with Crippen molar-refractivity contribution in [2.75, 3.05) is 6.61 Å². The highest BCUT2D eigenvalue weighted by atomic mass is 16.5. The zero-order valence-electron chi connectivity index (χ0n) is 9.90. The van der Waals surface area contributed by atoms with Gasteiger partial charge in [0.1, 0.15) is 0 Å². The Labute approximate surface area is 100 Å². The van der Waals surface area contributed by atoms with Crippen LogP contribution in [0.25, 0.3) is 0 Å². The van der Waals surface area contributed by atoms with Crippen molar-refractivity contribution in [3.63, 3.8) is 0 Å². The highest BCUT2D eigenvalue weighted by Gasteiger charge is 2.05. The Kier molecular flexibility index (Phi) is 4.94. The van der Waals surface area contributed by atoms with Crippen molar-refractivity contribution in [3.8, 4) is 0 Å². The fourth-order valence-electron chi connectivity index (χ4n) is 1.24. The summed E-state index contributed by atoms with van der Waals surface area (Å²) in [5, 5.41) is 2.61. The maximum atomic E-state index is 11.7. The first-order valence-electron chi connectivity index (χ1n) is 5.35. The normalized spacial score (nSPS) is 10.8. The Balaban J connectivity index is 2.60. The van der Waals surface area contributed by atoms with Gasteiger partial charge in [-0.05, 0) is 26.0 Å². The van der Waals surface area contributed by atoms with Crippen LogP contribution in [0.15, 0.2) is 42.1 Å². The van der Waals surface area contributed by atoms with Crippen molar-refractivity contribution < 1.29 is 14.3 Å². The van der Waals surface area contributed by atoms with Gasteiger partial charge in [0, 0.05) is 17.3 Å². The van der Waals surface area contributed by atoms with Crippen molar-refractivity contribution in [2.45, 2.75) is 13.8 Å². The summed E-state index contributed by atoms with van der Waals surface area (Å²) in [4.78, 5) is 22.8. The molecular weight excluding hydrogens is 218 g/mol. The van der Waals surface area contributed by atoms with Crippen LogP contribution in [0, 0.1) is 0 Å². The van der Waals surface area contributed by atoms with Gasteiger partial charge < -0.3 is 10.1 Å². The minimum Gasteiger partial charge on any atom is -0.463 e. The van der Waals surface area contributed by atoms with Gasteiger partial charge in [0.2, 0.25) is 0 Å². The lowest BCUT2D eigenvalue weighted by Crippen LogP contribution is -2.22. The summed E-state index contributed by atoms with van der Waals surface area (Å²) in [5.41, 5.74) is 1.00. The van der Waals surface area contributed by atoms with E-state index in [4.69, 9.17) is 4.74 Å². The molecule has 0 aromatic heterocycles. The van der Waals surface area contributed by atoms with Crippen molar-refractivity contribution in [1.82, 2.24) is 5.32 Å². The van der Waals surface area contributed by atoms with E-state index < -0.39 is 5.97 Å². The average Bonchev–Trinajstić information content (AvgIpc) is 2.30. The van der Waals surface area contributed by atoms with Gasteiger partial charge >= 0.3 is 5.97 Å². The number of carbonyl (C=O) groups excluding carboxylic acids is 2. The van der Waals surface area contributed by atoms with E-state index in [0.29, 0.717) is 17.9 Å². The third kappa shape index (κ3) is 4.51. The molecule has 4 nitrogen and oxygen atoms in total. The first-order chi connectivity index (χ1) is 8.13. The van der Waals surface area contributed by atoms with Gasteiger partial charge in [-0.3, -0.25) is 4.79 Å². The van der Waals surface area contributed by atoms with Crippen LogP contribution in [-0.4, -0.2) is 18.5 Å². The molecule has 1 aromatic carbocycles. The molecule has 90 valence electrons. The van der Waals surface area contributed by atoms with Gasteiger partial charge in [-0.2, -0.15) is 0 Å². The number of benzene rings is 1. The lowest BCUT2D eigenvalue weighted by Gasteiger charge is -2.05. The van der Waals surface area contributed by atoms with E-state index in [0.717, 1.165) is 0 Å². The minimum absolute atomic E-state index is 0.247. The second kappa shape index (κ2) is 6.48. The van der Waals surface area contributed by atoms with Crippen LogP contribution in [0.3, 0.4) is 0 Å². The second-order valence-corrected chi connectivity index (χ2v) is 3.40. The van der Waals surface area contributed by atoms with Gasteiger partial charge in [0.05, 0.1) is 6.61 Å². The van der Waals surface area contributed by atoms with E-state index in [2.05, 4.69) is 5.32 Å². The Morgan fingerprint density at radius 2 is 1.94 bits per heavy atom. The molecule has 0 bridgehead atoms. The average molecular weight is 233 g/mol. The number of carbonyl (C=O) groups is 2. The Morgan fingerprint density at radius 1 is 1.29 bits per heavy atom. The van der Waals surface area contributed by atoms with Crippen LogP contribution < -0.4 is 5.32 Å². The number of amides is 1. The van der Waals surface area contributed by atoms with Crippen LogP contribution in [0.2, 0.25) is 0 Å². The summed E-state index contributed by atoms with van der Waals surface area (Å²) in [6, 6.07) is 8.79. The molecule has 1 rings (SSSR count). The maximum Gasteiger partial charge on any atom is 0.332 e. The predicted octanol–water partition coefficient (Wildman–Crippen LogP) is 1.88. The van der Waals surface area contributed by atoms with E-state index in [1.165, 1.54) is 6.08 Å². The zero-order chi connectivity index (χ0) is 12.7. The van der Waals surface area contributed by atoms with Crippen molar-refractivity contribution >= 4 is 11.9 Å². The second-order valence-electron chi connectivity index (χ2n) is 3.40. The van der Waals surface area contributed by atoms with Gasteiger partial charge in [0.15, 0.2) is 0 Å². The highest BCUT2D eigenvalue weighted by molar-refractivity contribution is 5.96. The van der Waals surface area contributed by atoms with Gasteiger partial charge in [-0.25, -0.2) is 4.79 Å². The van der Waals surface area contributed by atoms with Crippen LogP contribution in [0.4, 0.5) is 0 Å². The molecule has 0 unspecified atom stereocenters. The summed E-state index contributed by atoms with van der Waals surface area (Å²) in [6.45, 7) is 3.68. The maximum absolute atomic E-state index is 11.7. The third-order valence-corrected chi connectivity index (χ3v) is 1.97. The summed E-state index contributed by atoms with van der Waals surface area (Å²) < 4.78 is 4.73. The minimum atomic E-state index is -0.460. The van der Waals surface area contributed by atoms with Gasteiger partial charge in [-0.1, -0.05) is 18.2 Å². The third-order valence-electron chi connectivity index (χ3n) is 1.97. The largest absolute Gasteiger partial charge is 0.463 e.